The van der Waals surface area contributed by atoms with Gasteiger partial charge >= 0.3 is 0 Å². The molecule has 2 unspecified atom stereocenters. The summed E-state index contributed by atoms with van der Waals surface area (Å²) >= 11 is 0. The van der Waals surface area contributed by atoms with E-state index in [1.165, 1.54) is 5.56 Å². The molecule has 0 amide bonds. The number of hydrogen-bond donors (Lipinski definition) is 0. The first-order chi connectivity index (χ1) is 7.41. The van der Waals surface area contributed by atoms with Crippen LogP contribution in [0.15, 0.2) is 36.4 Å². The third-order valence-electron chi connectivity index (χ3n) is 3.49. The molecule has 1 heteroatoms. The average molecular weight is 220 g/mol. The van der Waals surface area contributed by atoms with E-state index in [1.807, 2.05) is 45.0 Å². The van der Waals surface area contributed by atoms with Gasteiger partial charge in [0.25, 0.3) is 0 Å². The van der Waals surface area contributed by atoms with Crippen LogP contribution < -0.4 is 0 Å². The zero-order valence-electron chi connectivity index (χ0n) is 10.7. The van der Waals surface area contributed by atoms with E-state index in [1.54, 1.807) is 6.92 Å². The molecule has 0 spiro atoms. The summed E-state index contributed by atoms with van der Waals surface area (Å²) in [4.78, 5) is 0. The lowest BCUT2D eigenvalue weighted by Crippen LogP contribution is -2.30. The molecule has 1 rings (SSSR count). The molecule has 0 bridgehead atoms. The molecule has 0 fully saturated rings. The molecule has 1 aromatic rings. The van der Waals surface area contributed by atoms with E-state index in [-0.39, 0.29) is 5.92 Å². The molecule has 0 nitrogen and oxygen atoms in total. The van der Waals surface area contributed by atoms with Crippen molar-refractivity contribution in [2.75, 3.05) is 0 Å². The highest BCUT2D eigenvalue weighted by atomic mass is 19.1. The fourth-order valence-corrected chi connectivity index (χ4v) is 2.10. The Balaban J connectivity index is 3.04. The van der Waals surface area contributed by atoms with Gasteiger partial charge in [0.2, 0.25) is 0 Å². The Morgan fingerprint density at radius 3 is 2.25 bits per heavy atom. The smallest absolute Gasteiger partial charge is 0.137 e. The quantitative estimate of drug-likeness (QED) is 0.640. The standard InChI is InChI=1S/C15H21F/c1-6-15(16,11(2)3)13(5)14-9-7-12(4)8-10-14/h7-10,13H,2,6H2,1,3-5H3. The molecule has 1 aromatic carbocycles. The van der Waals surface area contributed by atoms with Crippen molar-refractivity contribution >= 4 is 0 Å². The van der Waals surface area contributed by atoms with Crippen molar-refractivity contribution in [2.24, 2.45) is 0 Å². The van der Waals surface area contributed by atoms with Crippen molar-refractivity contribution in [2.45, 2.75) is 45.7 Å². The van der Waals surface area contributed by atoms with Gasteiger partial charge < -0.3 is 0 Å². The molecule has 0 aliphatic rings. The second kappa shape index (κ2) is 4.82. The zero-order chi connectivity index (χ0) is 12.3. The highest BCUT2D eigenvalue weighted by Gasteiger charge is 2.36. The maximum Gasteiger partial charge on any atom is 0.137 e. The molecule has 0 saturated carbocycles. The van der Waals surface area contributed by atoms with Crippen LogP contribution in [0.25, 0.3) is 0 Å². The second-order valence-electron chi connectivity index (χ2n) is 4.63. The highest BCUT2D eigenvalue weighted by molar-refractivity contribution is 5.30. The van der Waals surface area contributed by atoms with Crippen LogP contribution in [0.2, 0.25) is 0 Å². The zero-order valence-corrected chi connectivity index (χ0v) is 10.7. The number of benzene rings is 1. The van der Waals surface area contributed by atoms with Gasteiger partial charge in [0.05, 0.1) is 0 Å². The molecule has 0 N–H and O–H groups in total. The summed E-state index contributed by atoms with van der Waals surface area (Å²) in [7, 11) is 0. The van der Waals surface area contributed by atoms with Gasteiger partial charge in [0.15, 0.2) is 0 Å². The van der Waals surface area contributed by atoms with Crippen LogP contribution in [-0.4, -0.2) is 5.67 Å². The van der Waals surface area contributed by atoms with Gasteiger partial charge in [0.1, 0.15) is 5.67 Å². The maximum atomic E-state index is 14.7. The van der Waals surface area contributed by atoms with Crippen LogP contribution in [0, 0.1) is 6.92 Å². The van der Waals surface area contributed by atoms with Gasteiger partial charge in [-0.3, -0.25) is 0 Å². The summed E-state index contributed by atoms with van der Waals surface area (Å²) in [5.41, 5.74) is 1.56. The van der Waals surface area contributed by atoms with Crippen molar-refractivity contribution in [1.82, 2.24) is 0 Å². The minimum atomic E-state index is -1.30. The van der Waals surface area contributed by atoms with Crippen LogP contribution in [0.5, 0.6) is 0 Å². The summed E-state index contributed by atoms with van der Waals surface area (Å²) in [6.45, 7) is 11.4. The predicted octanol–water partition coefficient (Wildman–Crippen LogP) is 4.79. The highest BCUT2D eigenvalue weighted by Crippen LogP contribution is 2.39. The van der Waals surface area contributed by atoms with E-state index in [4.69, 9.17) is 0 Å². The summed E-state index contributed by atoms with van der Waals surface area (Å²) in [6, 6.07) is 8.07. The van der Waals surface area contributed by atoms with Crippen LogP contribution in [0.3, 0.4) is 0 Å². The Bertz CT molecular complexity index is 364. The summed E-state index contributed by atoms with van der Waals surface area (Å²) < 4.78 is 14.7. The Labute approximate surface area is 98.2 Å². The first-order valence-electron chi connectivity index (χ1n) is 5.83. The Morgan fingerprint density at radius 2 is 1.88 bits per heavy atom. The lowest BCUT2D eigenvalue weighted by molar-refractivity contribution is 0.170. The minimum Gasteiger partial charge on any atom is -0.238 e. The topological polar surface area (TPSA) is 0 Å². The largest absolute Gasteiger partial charge is 0.238 e. The monoisotopic (exact) mass is 220 g/mol. The number of allylic oxidation sites excluding steroid dienone is 1. The van der Waals surface area contributed by atoms with Crippen molar-refractivity contribution in [1.29, 1.82) is 0 Å². The first-order valence-corrected chi connectivity index (χ1v) is 5.83. The second-order valence-corrected chi connectivity index (χ2v) is 4.63. The van der Waals surface area contributed by atoms with Gasteiger partial charge in [-0.25, -0.2) is 4.39 Å². The van der Waals surface area contributed by atoms with E-state index in [2.05, 4.69) is 6.58 Å². The van der Waals surface area contributed by atoms with E-state index in [0.29, 0.717) is 12.0 Å². The molecule has 0 aliphatic heterocycles. The SMILES string of the molecule is C=C(C)C(F)(CC)C(C)c1ccc(C)cc1. The normalized spacial score (nSPS) is 16.6. The summed E-state index contributed by atoms with van der Waals surface area (Å²) in [6.07, 6.45) is 0.470. The van der Waals surface area contributed by atoms with E-state index < -0.39 is 5.67 Å². The Kier molecular flexibility index (Phi) is 3.90. The molecule has 0 radical (unpaired) electrons. The van der Waals surface area contributed by atoms with Crippen molar-refractivity contribution in [3.05, 3.63) is 47.5 Å². The van der Waals surface area contributed by atoms with Crippen LogP contribution in [-0.2, 0) is 0 Å². The number of hydrogen-bond acceptors (Lipinski definition) is 0. The van der Waals surface area contributed by atoms with Gasteiger partial charge in [-0.15, -0.1) is 0 Å². The molecular formula is C15H21F. The third-order valence-corrected chi connectivity index (χ3v) is 3.49. The Morgan fingerprint density at radius 1 is 1.38 bits per heavy atom. The number of alkyl halides is 1. The fraction of sp³-hybridized carbons (Fsp3) is 0.467. The van der Waals surface area contributed by atoms with Crippen LogP contribution >= 0.6 is 0 Å². The van der Waals surface area contributed by atoms with Crippen LogP contribution in [0.1, 0.15) is 44.2 Å². The van der Waals surface area contributed by atoms with Crippen molar-refractivity contribution in [3.8, 4) is 0 Å². The minimum absolute atomic E-state index is 0.143. The van der Waals surface area contributed by atoms with E-state index >= 15 is 0 Å². The van der Waals surface area contributed by atoms with Gasteiger partial charge in [0, 0.05) is 5.92 Å². The molecular weight excluding hydrogens is 199 g/mol. The van der Waals surface area contributed by atoms with Crippen molar-refractivity contribution < 1.29 is 4.39 Å². The number of aryl methyl sites for hydroxylation is 1. The van der Waals surface area contributed by atoms with Gasteiger partial charge in [-0.1, -0.05) is 50.3 Å². The number of halogens is 1. The molecule has 88 valence electrons. The maximum absolute atomic E-state index is 14.7. The lowest BCUT2D eigenvalue weighted by Gasteiger charge is -2.31. The number of rotatable bonds is 4. The first kappa shape index (κ1) is 13.0. The molecule has 16 heavy (non-hydrogen) atoms. The molecule has 0 saturated heterocycles. The van der Waals surface area contributed by atoms with E-state index in [0.717, 1.165) is 5.56 Å². The summed E-state index contributed by atoms with van der Waals surface area (Å²) in [5.74, 6) is -0.143. The predicted molar refractivity (Wildman–Crippen MR) is 68.5 cm³/mol. The van der Waals surface area contributed by atoms with Crippen molar-refractivity contribution in [3.63, 3.8) is 0 Å². The molecule has 2 atom stereocenters. The fourth-order valence-electron chi connectivity index (χ4n) is 2.10. The summed E-state index contributed by atoms with van der Waals surface area (Å²) in [5, 5.41) is 0. The van der Waals surface area contributed by atoms with Gasteiger partial charge in [-0.05, 0) is 31.4 Å². The third kappa shape index (κ3) is 2.34. The average Bonchev–Trinajstić information content (AvgIpc) is 2.27. The van der Waals surface area contributed by atoms with Gasteiger partial charge in [-0.2, -0.15) is 0 Å². The Hall–Kier alpha value is -1.11. The lowest BCUT2D eigenvalue weighted by atomic mass is 9.79. The molecule has 0 heterocycles. The molecule has 0 aromatic heterocycles. The molecule has 0 aliphatic carbocycles. The van der Waals surface area contributed by atoms with Crippen LogP contribution in [0.4, 0.5) is 4.39 Å². The van der Waals surface area contributed by atoms with E-state index in [9.17, 15) is 4.39 Å².